The van der Waals surface area contributed by atoms with E-state index in [-0.39, 0.29) is 5.75 Å². The lowest BCUT2D eigenvalue weighted by Crippen LogP contribution is -1.90. The van der Waals surface area contributed by atoms with Crippen LogP contribution in [0, 0.1) is 0 Å². The van der Waals surface area contributed by atoms with E-state index in [1.807, 2.05) is 12.1 Å². The van der Waals surface area contributed by atoms with Gasteiger partial charge in [0, 0.05) is 18.8 Å². The second-order valence-corrected chi connectivity index (χ2v) is 4.60. The first-order valence-corrected chi connectivity index (χ1v) is 6.19. The van der Waals surface area contributed by atoms with Gasteiger partial charge in [-0.3, -0.25) is 4.98 Å². The van der Waals surface area contributed by atoms with Crippen LogP contribution < -0.4 is 0 Å². The summed E-state index contributed by atoms with van der Waals surface area (Å²) in [5.41, 5.74) is 1.06. The Morgan fingerprint density at radius 2 is 2.06 bits per heavy atom. The van der Waals surface area contributed by atoms with E-state index in [1.54, 1.807) is 23.8 Å². The first-order valence-electron chi connectivity index (χ1n) is 5.31. The lowest BCUT2D eigenvalue weighted by atomic mass is 10.2. The number of thiophene rings is 1. The van der Waals surface area contributed by atoms with Crippen LogP contribution in [0.2, 0.25) is 0 Å². The minimum atomic E-state index is 0.166. The second-order valence-electron chi connectivity index (χ2n) is 3.68. The van der Waals surface area contributed by atoms with Crippen LogP contribution in [0.3, 0.4) is 0 Å². The Labute approximate surface area is 107 Å². The fourth-order valence-electron chi connectivity index (χ4n) is 1.56. The Bertz CT molecular complexity index is 648. The van der Waals surface area contributed by atoms with Crippen molar-refractivity contribution in [2.24, 2.45) is 0 Å². The SMILES string of the molecule is Oc1ccsc1-c1nc(Cc2ccncc2)no1. The van der Waals surface area contributed by atoms with Crippen LogP contribution in [0.15, 0.2) is 40.5 Å². The summed E-state index contributed by atoms with van der Waals surface area (Å²) in [5.74, 6) is 1.11. The summed E-state index contributed by atoms with van der Waals surface area (Å²) in [5, 5.41) is 15.3. The van der Waals surface area contributed by atoms with Gasteiger partial charge in [0.2, 0.25) is 0 Å². The molecule has 0 amide bonds. The van der Waals surface area contributed by atoms with Gasteiger partial charge in [0.05, 0.1) is 0 Å². The van der Waals surface area contributed by atoms with Crippen LogP contribution in [-0.4, -0.2) is 20.2 Å². The molecule has 0 unspecified atom stereocenters. The van der Waals surface area contributed by atoms with Gasteiger partial charge in [-0.05, 0) is 29.1 Å². The average Bonchev–Trinajstić information content (AvgIpc) is 2.99. The van der Waals surface area contributed by atoms with Gasteiger partial charge in [-0.25, -0.2) is 0 Å². The molecule has 0 radical (unpaired) electrons. The summed E-state index contributed by atoms with van der Waals surface area (Å²) in [4.78, 5) is 8.81. The van der Waals surface area contributed by atoms with Crippen molar-refractivity contribution in [2.75, 3.05) is 0 Å². The second kappa shape index (κ2) is 4.58. The monoisotopic (exact) mass is 259 g/mol. The van der Waals surface area contributed by atoms with Gasteiger partial charge < -0.3 is 9.63 Å². The molecular formula is C12H9N3O2S. The highest BCUT2D eigenvalue weighted by Crippen LogP contribution is 2.33. The fourth-order valence-corrected chi connectivity index (χ4v) is 2.27. The Kier molecular flexibility index (Phi) is 2.77. The minimum absolute atomic E-state index is 0.166. The van der Waals surface area contributed by atoms with E-state index in [1.165, 1.54) is 11.3 Å². The smallest absolute Gasteiger partial charge is 0.271 e. The van der Waals surface area contributed by atoms with Crippen molar-refractivity contribution in [2.45, 2.75) is 6.42 Å². The van der Waals surface area contributed by atoms with Crippen molar-refractivity contribution in [1.29, 1.82) is 0 Å². The predicted octanol–water partition coefficient (Wildman–Crippen LogP) is 2.49. The zero-order valence-corrected chi connectivity index (χ0v) is 10.1. The molecule has 0 bridgehead atoms. The lowest BCUT2D eigenvalue weighted by Gasteiger charge is -1.93. The van der Waals surface area contributed by atoms with Crippen molar-refractivity contribution in [3.63, 3.8) is 0 Å². The minimum Gasteiger partial charge on any atom is -0.506 e. The molecule has 6 heteroatoms. The molecule has 0 atom stereocenters. The van der Waals surface area contributed by atoms with Crippen molar-refractivity contribution < 1.29 is 9.63 Å². The highest BCUT2D eigenvalue weighted by molar-refractivity contribution is 7.13. The topological polar surface area (TPSA) is 72.0 Å². The third-order valence-electron chi connectivity index (χ3n) is 2.42. The molecule has 18 heavy (non-hydrogen) atoms. The number of aromatic nitrogens is 3. The maximum atomic E-state index is 9.58. The molecule has 0 aliphatic carbocycles. The van der Waals surface area contributed by atoms with E-state index in [9.17, 15) is 5.11 Å². The molecule has 1 N–H and O–H groups in total. The van der Waals surface area contributed by atoms with Gasteiger partial charge in [-0.2, -0.15) is 4.98 Å². The largest absolute Gasteiger partial charge is 0.506 e. The molecule has 3 aromatic rings. The van der Waals surface area contributed by atoms with Crippen molar-refractivity contribution in [3.8, 4) is 16.5 Å². The quantitative estimate of drug-likeness (QED) is 0.782. The molecule has 0 saturated carbocycles. The number of hydrogen-bond acceptors (Lipinski definition) is 6. The third kappa shape index (κ3) is 2.10. The zero-order valence-electron chi connectivity index (χ0n) is 9.28. The molecule has 3 rings (SSSR count). The van der Waals surface area contributed by atoms with Crippen LogP contribution in [0.1, 0.15) is 11.4 Å². The van der Waals surface area contributed by atoms with E-state index < -0.39 is 0 Å². The summed E-state index contributed by atoms with van der Waals surface area (Å²) >= 11 is 1.37. The van der Waals surface area contributed by atoms with Crippen LogP contribution in [0.5, 0.6) is 5.75 Å². The molecule has 0 aliphatic heterocycles. The number of aromatic hydroxyl groups is 1. The number of pyridine rings is 1. The molecule has 3 aromatic heterocycles. The van der Waals surface area contributed by atoms with E-state index in [4.69, 9.17) is 4.52 Å². The third-order valence-corrected chi connectivity index (χ3v) is 3.31. The van der Waals surface area contributed by atoms with Crippen molar-refractivity contribution in [3.05, 3.63) is 47.4 Å². The molecular weight excluding hydrogens is 250 g/mol. The van der Waals surface area contributed by atoms with Gasteiger partial charge in [0.1, 0.15) is 10.6 Å². The van der Waals surface area contributed by atoms with Gasteiger partial charge in [0.25, 0.3) is 5.89 Å². The van der Waals surface area contributed by atoms with Gasteiger partial charge >= 0.3 is 0 Å². The molecule has 0 spiro atoms. The number of nitrogens with zero attached hydrogens (tertiary/aromatic N) is 3. The van der Waals surface area contributed by atoms with E-state index in [0.717, 1.165) is 5.56 Å². The molecule has 90 valence electrons. The van der Waals surface area contributed by atoms with Gasteiger partial charge in [-0.15, -0.1) is 11.3 Å². The molecule has 0 fully saturated rings. The lowest BCUT2D eigenvalue weighted by molar-refractivity contribution is 0.420. The highest BCUT2D eigenvalue weighted by atomic mass is 32.1. The Balaban J connectivity index is 1.84. The normalized spacial score (nSPS) is 10.7. The summed E-state index contributed by atoms with van der Waals surface area (Å²) in [6.45, 7) is 0. The zero-order chi connectivity index (χ0) is 12.4. The molecule has 5 nitrogen and oxygen atoms in total. The average molecular weight is 259 g/mol. The Morgan fingerprint density at radius 3 is 2.78 bits per heavy atom. The van der Waals surface area contributed by atoms with E-state index >= 15 is 0 Å². The van der Waals surface area contributed by atoms with Crippen LogP contribution in [0.4, 0.5) is 0 Å². The van der Waals surface area contributed by atoms with E-state index in [2.05, 4.69) is 15.1 Å². The molecule has 3 heterocycles. The first kappa shape index (κ1) is 10.9. The fraction of sp³-hybridized carbons (Fsp3) is 0.0833. The summed E-state index contributed by atoms with van der Waals surface area (Å²) in [6, 6.07) is 5.41. The van der Waals surface area contributed by atoms with E-state index in [0.29, 0.717) is 23.0 Å². The molecule has 0 aliphatic rings. The maximum Gasteiger partial charge on any atom is 0.271 e. The number of hydrogen-bond donors (Lipinski definition) is 1. The van der Waals surface area contributed by atoms with Crippen LogP contribution in [0.25, 0.3) is 10.8 Å². The van der Waals surface area contributed by atoms with Crippen LogP contribution in [-0.2, 0) is 6.42 Å². The predicted molar refractivity (Wildman–Crippen MR) is 66.3 cm³/mol. The summed E-state index contributed by atoms with van der Waals surface area (Å²) < 4.78 is 5.14. The Hall–Kier alpha value is -2.21. The first-order chi connectivity index (χ1) is 8.83. The van der Waals surface area contributed by atoms with Crippen molar-refractivity contribution in [1.82, 2.24) is 15.1 Å². The highest BCUT2D eigenvalue weighted by Gasteiger charge is 2.14. The van der Waals surface area contributed by atoms with Gasteiger partial charge in [0.15, 0.2) is 5.82 Å². The van der Waals surface area contributed by atoms with Crippen LogP contribution >= 0.6 is 11.3 Å². The van der Waals surface area contributed by atoms with Crippen molar-refractivity contribution >= 4 is 11.3 Å². The summed E-state index contributed by atoms with van der Waals surface area (Å²) in [7, 11) is 0. The summed E-state index contributed by atoms with van der Waals surface area (Å²) in [6.07, 6.45) is 4.03. The van der Waals surface area contributed by atoms with Gasteiger partial charge in [-0.1, -0.05) is 5.16 Å². The maximum absolute atomic E-state index is 9.58. The molecule has 0 aromatic carbocycles. The Morgan fingerprint density at radius 1 is 1.22 bits per heavy atom. The molecule has 0 saturated heterocycles. The standard InChI is InChI=1S/C12H9N3O2S/c16-9-3-6-18-11(9)12-14-10(15-17-12)7-8-1-4-13-5-2-8/h1-6,16H,7H2. The number of rotatable bonds is 3.